The van der Waals surface area contributed by atoms with Crippen molar-refractivity contribution in [2.24, 2.45) is 0 Å². The molecule has 4 radical (unpaired) electrons. The number of allylic oxidation sites excluding steroid dienone is 1. The molecule has 1 nitrogen and oxygen atoms in total. The van der Waals surface area contributed by atoms with E-state index in [-0.39, 0.29) is 27.5 Å². The first-order chi connectivity index (χ1) is 4.97. The van der Waals surface area contributed by atoms with Gasteiger partial charge in [-0.1, -0.05) is 18.2 Å². The second-order valence-corrected chi connectivity index (χ2v) is 2.30. The fourth-order valence-electron chi connectivity index (χ4n) is 1.08. The van der Waals surface area contributed by atoms with Crippen LogP contribution in [-0.4, -0.2) is 11.0 Å². The number of fused-ring (bicyclic) bond motifs is 1. The van der Waals surface area contributed by atoms with Crippen LogP contribution in [0.1, 0.15) is 5.56 Å². The molecule has 3 heteroatoms. The van der Waals surface area contributed by atoms with E-state index in [1.165, 1.54) is 5.56 Å². The van der Waals surface area contributed by atoms with E-state index in [1.807, 2.05) is 24.3 Å². The van der Waals surface area contributed by atoms with E-state index in [4.69, 9.17) is 4.74 Å². The summed E-state index contributed by atoms with van der Waals surface area (Å²) in [7, 11) is 0. The van der Waals surface area contributed by atoms with Crippen molar-refractivity contribution >= 4 is 11.0 Å². The molecule has 1 aromatic carbocycles. The normalized spacial score (nSPS) is 11.7. The SMILES string of the molecule is C1=COc2ccccc2C1.[Ni].[Si]. The van der Waals surface area contributed by atoms with E-state index >= 15 is 0 Å². The summed E-state index contributed by atoms with van der Waals surface area (Å²) in [5.74, 6) is 0.991. The second kappa shape index (κ2) is 5.18. The molecule has 0 unspecified atom stereocenters. The van der Waals surface area contributed by atoms with Crippen molar-refractivity contribution in [3.63, 3.8) is 0 Å². The van der Waals surface area contributed by atoms with Crippen LogP contribution in [0.15, 0.2) is 36.6 Å². The summed E-state index contributed by atoms with van der Waals surface area (Å²) in [4.78, 5) is 0. The minimum absolute atomic E-state index is 0. The average molecular weight is 219 g/mol. The molecule has 12 heavy (non-hydrogen) atoms. The molecule has 0 saturated carbocycles. The smallest absolute Gasteiger partial charge is 0.130 e. The van der Waals surface area contributed by atoms with Gasteiger partial charge in [0, 0.05) is 27.5 Å². The molecule has 0 bridgehead atoms. The average Bonchev–Trinajstić information content (AvgIpc) is 2.05. The van der Waals surface area contributed by atoms with Crippen LogP contribution in [0.25, 0.3) is 0 Å². The summed E-state index contributed by atoms with van der Waals surface area (Å²) in [6.45, 7) is 0. The summed E-state index contributed by atoms with van der Waals surface area (Å²) in [5, 5.41) is 0. The third kappa shape index (κ3) is 2.23. The van der Waals surface area contributed by atoms with Crippen molar-refractivity contribution in [2.45, 2.75) is 6.42 Å². The van der Waals surface area contributed by atoms with Gasteiger partial charge in [0.25, 0.3) is 0 Å². The van der Waals surface area contributed by atoms with Crippen molar-refractivity contribution in [3.8, 4) is 5.75 Å². The van der Waals surface area contributed by atoms with Crippen LogP contribution in [0, 0.1) is 0 Å². The standard InChI is InChI=1S/C9H8O.Ni.Si/c1-2-6-9-8(4-1)5-3-7-10-9;;/h1-4,6-7H,5H2;;. The van der Waals surface area contributed by atoms with E-state index in [9.17, 15) is 0 Å². The summed E-state index contributed by atoms with van der Waals surface area (Å²) < 4.78 is 5.24. The molecule has 0 aliphatic carbocycles. The van der Waals surface area contributed by atoms with E-state index in [2.05, 4.69) is 6.07 Å². The third-order valence-electron chi connectivity index (χ3n) is 1.60. The van der Waals surface area contributed by atoms with E-state index in [0.29, 0.717) is 0 Å². The van der Waals surface area contributed by atoms with Crippen LogP contribution in [0.5, 0.6) is 5.75 Å². The molecule has 64 valence electrons. The van der Waals surface area contributed by atoms with Crippen molar-refractivity contribution in [2.75, 3.05) is 0 Å². The Bertz CT molecular complexity index is 246. The quantitative estimate of drug-likeness (QED) is 0.604. The number of ether oxygens (including phenoxy) is 1. The topological polar surface area (TPSA) is 9.23 Å². The van der Waals surface area contributed by atoms with Crippen LogP contribution in [0.2, 0.25) is 0 Å². The zero-order chi connectivity index (χ0) is 6.81. The van der Waals surface area contributed by atoms with Gasteiger partial charge in [0.15, 0.2) is 0 Å². The number of para-hydroxylation sites is 1. The van der Waals surface area contributed by atoms with Gasteiger partial charge in [-0.05, 0) is 24.1 Å². The van der Waals surface area contributed by atoms with Crippen molar-refractivity contribution in [1.29, 1.82) is 0 Å². The zero-order valence-electron chi connectivity index (χ0n) is 6.40. The Morgan fingerprint density at radius 2 is 1.92 bits per heavy atom. The largest absolute Gasteiger partial charge is 0.465 e. The third-order valence-corrected chi connectivity index (χ3v) is 1.60. The molecule has 1 heterocycles. The van der Waals surface area contributed by atoms with Gasteiger partial charge < -0.3 is 4.74 Å². The van der Waals surface area contributed by atoms with Gasteiger partial charge in [0.1, 0.15) is 5.75 Å². The van der Waals surface area contributed by atoms with Gasteiger partial charge in [-0.2, -0.15) is 0 Å². The molecule has 2 rings (SSSR count). The number of hydrogen-bond donors (Lipinski definition) is 0. The Morgan fingerprint density at radius 3 is 2.67 bits per heavy atom. The summed E-state index contributed by atoms with van der Waals surface area (Å²) in [6.07, 6.45) is 4.75. The number of hydrogen-bond acceptors (Lipinski definition) is 1. The fourth-order valence-corrected chi connectivity index (χ4v) is 1.08. The van der Waals surface area contributed by atoms with Gasteiger partial charge in [-0.25, -0.2) is 0 Å². The molecule has 0 aromatic heterocycles. The van der Waals surface area contributed by atoms with E-state index < -0.39 is 0 Å². The molecule has 1 aromatic rings. The monoisotopic (exact) mass is 218 g/mol. The Kier molecular flexibility index (Phi) is 4.95. The fraction of sp³-hybridized carbons (Fsp3) is 0.111. The predicted molar refractivity (Wildman–Crippen MR) is 45.7 cm³/mol. The van der Waals surface area contributed by atoms with Crippen molar-refractivity contribution < 1.29 is 21.2 Å². The Balaban J connectivity index is 0.000000605. The van der Waals surface area contributed by atoms with Gasteiger partial charge in [-0.15, -0.1) is 0 Å². The molecule has 0 amide bonds. The van der Waals surface area contributed by atoms with Crippen LogP contribution in [0.3, 0.4) is 0 Å². The Hall–Kier alpha value is -0.530. The molecule has 1 aliphatic heterocycles. The maximum Gasteiger partial charge on any atom is 0.130 e. The Morgan fingerprint density at radius 1 is 1.17 bits per heavy atom. The van der Waals surface area contributed by atoms with Crippen LogP contribution in [-0.2, 0) is 22.9 Å². The zero-order valence-corrected chi connectivity index (χ0v) is 8.38. The first-order valence-electron chi connectivity index (χ1n) is 3.36. The summed E-state index contributed by atoms with van der Waals surface area (Å²) in [5.41, 5.74) is 1.27. The summed E-state index contributed by atoms with van der Waals surface area (Å²) >= 11 is 0. The first kappa shape index (κ1) is 11.5. The molecule has 0 saturated heterocycles. The molecule has 0 fully saturated rings. The first-order valence-corrected chi connectivity index (χ1v) is 3.36. The van der Waals surface area contributed by atoms with Crippen LogP contribution >= 0.6 is 0 Å². The molecule has 0 spiro atoms. The maximum absolute atomic E-state index is 5.24. The molecule has 0 atom stereocenters. The molecular weight excluding hydrogens is 211 g/mol. The predicted octanol–water partition coefficient (Wildman–Crippen LogP) is 1.75. The summed E-state index contributed by atoms with van der Waals surface area (Å²) in [6, 6.07) is 8.08. The van der Waals surface area contributed by atoms with Crippen LogP contribution < -0.4 is 4.74 Å². The minimum atomic E-state index is 0. The number of benzene rings is 1. The van der Waals surface area contributed by atoms with E-state index in [1.54, 1.807) is 6.26 Å². The van der Waals surface area contributed by atoms with Crippen molar-refractivity contribution in [1.82, 2.24) is 0 Å². The van der Waals surface area contributed by atoms with Gasteiger partial charge in [-0.3, -0.25) is 0 Å². The van der Waals surface area contributed by atoms with Gasteiger partial charge >= 0.3 is 0 Å². The molecule has 0 N–H and O–H groups in total. The van der Waals surface area contributed by atoms with E-state index in [0.717, 1.165) is 12.2 Å². The Labute approximate surface area is 86.8 Å². The minimum Gasteiger partial charge on any atom is -0.465 e. The van der Waals surface area contributed by atoms with Crippen molar-refractivity contribution in [3.05, 3.63) is 42.2 Å². The molecular formula is C9H8NiOSi. The van der Waals surface area contributed by atoms with Crippen LogP contribution in [0.4, 0.5) is 0 Å². The number of rotatable bonds is 0. The maximum atomic E-state index is 5.24. The van der Waals surface area contributed by atoms with Gasteiger partial charge in [0.05, 0.1) is 6.26 Å². The second-order valence-electron chi connectivity index (χ2n) is 2.30. The van der Waals surface area contributed by atoms with Gasteiger partial charge in [0.2, 0.25) is 0 Å². The molecule has 1 aliphatic rings.